The number of benzene rings is 1. The van der Waals surface area contributed by atoms with E-state index in [9.17, 15) is 5.11 Å². The number of rotatable bonds is 6. The molecule has 1 aromatic carbocycles. The van der Waals surface area contributed by atoms with E-state index in [2.05, 4.69) is 12.2 Å². The first-order valence-electron chi connectivity index (χ1n) is 5.80. The minimum absolute atomic E-state index is 0.0559. The van der Waals surface area contributed by atoms with Crippen LogP contribution in [0.25, 0.3) is 0 Å². The lowest BCUT2D eigenvalue weighted by Crippen LogP contribution is -2.34. The molecule has 90 valence electrons. The molecule has 0 radical (unpaired) electrons. The van der Waals surface area contributed by atoms with Crippen molar-refractivity contribution in [1.82, 2.24) is 5.32 Å². The Morgan fingerprint density at radius 2 is 1.88 bits per heavy atom. The number of hydrogen-bond acceptors (Lipinski definition) is 3. The molecular weight excluding hydrogens is 202 g/mol. The molecule has 1 rings (SSSR count). The van der Waals surface area contributed by atoms with Gasteiger partial charge >= 0.3 is 0 Å². The van der Waals surface area contributed by atoms with Crippen molar-refractivity contribution in [2.45, 2.75) is 32.4 Å². The van der Waals surface area contributed by atoms with Gasteiger partial charge in [0.05, 0.1) is 12.7 Å². The maximum absolute atomic E-state index is 10.0. The highest BCUT2D eigenvalue weighted by molar-refractivity contribution is 5.24. The largest absolute Gasteiger partial charge is 0.395 e. The summed E-state index contributed by atoms with van der Waals surface area (Å²) >= 11 is 0. The summed E-state index contributed by atoms with van der Waals surface area (Å²) in [6.07, 6.45) is 0.478. The Labute approximate surface area is 97.1 Å². The number of aliphatic hydroxyl groups is 2. The Balaban J connectivity index is 2.60. The molecular formula is C13H21NO2. The highest BCUT2D eigenvalue weighted by Gasteiger charge is 2.15. The molecule has 3 nitrogen and oxygen atoms in total. The van der Waals surface area contributed by atoms with Crippen LogP contribution in [0.5, 0.6) is 0 Å². The lowest BCUT2D eigenvalue weighted by atomic mass is 10.0. The van der Waals surface area contributed by atoms with Crippen molar-refractivity contribution < 1.29 is 10.2 Å². The van der Waals surface area contributed by atoms with E-state index < -0.39 is 6.10 Å². The van der Waals surface area contributed by atoms with Gasteiger partial charge < -0.3 is 15.5 Å². The van der Waals surface area contributed by atoms with E-state index in [1.807, 2.05) is 31.2 Å². The fraction of sp³-hybridized carbons (Fsp3) is 0.538. The predicted octanol–water partition coefficient (Wildman–Crippen LogP) is 1.25. The van der Waals surface area contributed by atoms with Crippen LogP contribution in [0, 0.1) is 0 Å². The second kappa shape index (κ2) is 6.63. The summed E-state index contributed by atoms with van der Waals surface area (Å²) in [6, 6.07) is 7.94. The molecule has 0 spiro atoms. The second-order valence-electron chi connectivity index (χ2n) is 4.01. The average molecular weight is 223 g/mol. The zero-order valence-electron chi connectivity index (χ0n) is 9.98. The van der Waals surface area contributed by atoms with Gasteiger partial charge in [-0.15, -0.1) is 0 Å². The first kappa shape index (κ1) is 13.2. The minimum Gasteiger partial charge on any atom is -0.395 e. The molecule has 3 heteroatoms. The Kier molecular flexibility index (Phi) is 5.46. The Morgan fingerprint density at radius 3 is 2.38 bits per heavy atom. The van der Waals surface area contributed by atoms with E-state index in [0.29, 0.717) is 6.54 Å². The molecule has 3 N–H and O–H groups in total. The smallest absolute Gasteiger partial charge is 0.0940 e. The van der Waals surface area contributed by atoms with Crippen LogP contribution in [0.15, 0.2) is 24.3 Å². The van der Waals surface area contributed by atoms with Gasteiger partial charge in [-0.25, -0.2) is 0 Å². The van der Waals surface area contributed by atoms with Gasteiger partial charge in [-0.3, -0.25) is 0 Å². The summed E-state index contributed by atoms with van der Waals surface area (Å²) in [6.45, 7) is 4.61. The van der Waals surface area contributed by atoms with Crippen molar-refractivity contribution in [2.75, 3.05) is 13.2 Å². The van der Waals surface area contributed by atoms with Crippen LogP contribution in [0.3, 0.4) is 0 Å². The summed E-state index contributed by atoms with van der Waals surface area (Å²) in [5.74, 6) is 0. The van der Waals surface area contributed by atoms with Gasteiger partial charge in [-0.05, 0) is 24.5 Å². The minimum atomic E-state index is -0.530. The normalized spacial score (nSPS) is 14.8. The zero-order chi connectivity index (χ0) is 12.0. The number of aryl methyl sites for hydroxylation is 1. The van der Waals surface area contributed by atoms with Crippen LogP contribution in [-0.2, 0) is 6.42 Å². The molecule has 2 atom stereocenters. The van der Waals surface area contributed by atoms with E-state index in [1.165, 1.54) is 5.56 Å². The summed E-state index contributed by atoms with van der Waals surface area (Å²) in [5, 5.41) is 21.8. The van der Waals surface area contributed by atoms with E-state index in [-0.39, 0.29) is 12.6 Å². The van der Waals surface area contributed by atoms with Gasteiger partial charge in [0.2, 0.25) is 0 Å². The standard InChI is InChI=1S/C13H21NO2/c1-3-11-4-6-12(7-5-11)13(16)10(2)14-8-9-15/h4-7,10,13-16H,3,8-9H2,1-2H3. The van der Waals surface area contributed by atoms with E-state index in [4.69, 9.17) is 5.11 Å². The van der Waals surface area contributed by atoms with Crippen LogP contribution in [0.2, 0.25) is 0 Å². The molecule has 0 bridgehead atoms. The molecule has 1 aromatic rings. The number of hydrogen-bond donors (Lipinski definition) is 3. The molecule has 2 unspecified atom stereocenters. The van der Waals surface area contributed by atoms with Crippen molar-refractivity contribution in [1.29, 1.82) is 0 Å². The lowest BCUT2D eigenvalue weighted by Gasteiger charge is -2.20. The molecule has 0 aliphatic heterocycles. The predicted molar refractivity (Wildman–Crippen MR) is 65.3 cm³/mol. The Hall–Kier alpha value is -0.900. The SMILES string of the molecule is CCc1ccc(C(O)C(C)NCCO)cc1. The fourth-order valence-electron chi connectivity index (χ4n) is 1.64. The fourth-order valence-corrected chi connectivity index (χ4v) is 1.64. The molecule has 0 aromatic heterocycles. The summed E-state index contributed by atoms with van der Waals surface area (Å²) < 4.78 is 0. The maximum atomic E-state index is 10.0. The molecule has 0 aliphatic carbocycles. The van der Waals surface area contributed by atoms with Gasteiger partial charge in [0, 0.05) is 12.6 Å². The van der Waals surface area contributed by atoms with Crippen LogP contribution in [0.1, 0.15) is 31.1 Å². The van der Waals surface area contributed by atoms with Crippen molar-refractivity contribution in [3.8, 4) is 0 Å². The average Bonchev–Trinajstić information content (AvgIpc) is 2.35. The summed E-state index contributed by atoms with van der Waals surface area (Å²) in [4.78, 5) is 0. The second-order valence-corrected chi connectivity index (χ2v) is 4.01. The Morgan fingerprint density at radius 1 is 1.25 bits per heavy atom. The molecule has 0 saturated carbocycles. The maximum Gasteiger partial charge on any atom is 0.0940 e. The molecule has 16 heavy (non-hydrogen) atoms. The quantitative estimate of drug-likeness (QED) is 0.680. The zero-order valence-corrected chi connectivity index (χ0v) is 9.98. The van der Waals surface area contributed by atoms with Crippen LogP contribution >= 0.6 is 0 Å². The molecule has 0 heterocycles. The van der Waals surface area contributed by atoms with Crippen molar-refractivity contribution in [3.63, 3.8) is 0 Å². The van der Waals surface area contributed by atoms with Gasteiger partial charge in [0.1, 0.15) is 0 Å². The van der Waals surface area contributed by atoms with Crippen molar-refractivity contribution >= 4 is 0 Å². The topological polar surface area (TPSA) is 52.5 Å². The molecule has 0 amide bonds. The monoisotopic (exact) mass is 223 g/mol. The van der Waals surface area contributed by atoms with Crippen LogP contribution < -0.4 is 5.32 Å². The van der Waals surface area contributed by atoms with Gasteiger partial charge in [0.25, 0.3) is 0 Å². The number of aliphatic hydroxyl groups excluding tert-OH is 2. The molecule has 0 saturated heterocycles. The van der Waals surface area contributed by atoms with Crippen molar-refractivity contribution in [3.05, 3.63) is 35.4 Å². The van der Waals surface area contributed by atoms with E-state index in [0.717, 1.165) is 12.0 Å². The van der Waals surface area contributed by atoms with Crippen molar-refractivity contribution in [2.24, 2.45) is 0 Å². The first-order chi connectivity index (χ1) is 7.69. The highest BCUT2D eigenvalue weighted by Crippen LogP contribution is 2.17. The highest BCUT2D eigenvalue weighted by atomic mass is 16.3. The molecule has 0 fully saturated rings. The van der Waals surface area contributed by atoms with Crippen LogP contribution in [0.4, 0.5) is 0 Å². The van der Waals surface area contributed by atoms with E-state index in [1.54, 1.807) is 0 Å². The Bertz CT molecular complexity index is 297. The third-order valence-corrected chi connectivity index (χ3v) is 2.78. The van der Waals surface area contributed by atoms with E-state index >= 15 is 0 Å². The lowest BCUT2D eigenvalue weighted by molar-refractivity contribution is 0.132. The number of nitrogens with one attached hydrogen (secondary N) is 1. The van der Waals surface area contributed by atoms with Gasteiger partial charge in [0.15, 0.2) is 0 Å². The summed E-state index contributed by atoms with van der Waals surface area (Å²) in [5.41, 5.74) is 2.18. The van der Waals surface area contributed by atoms with Gasteiger partial charge in [-0.2, -0.15) is 0 Å². The van der Waals surface area contributed by atoms with Crippen LogP contribution in [-0.4, -0.2) is 29.4 Å². The third kappa shape index (κ3) is 3.59. The first-order valence-corrected chi connectivity index (χ1v) is 5.80. The third-order valence-electron chi connectivity index (χ3n) is 2.78. The van der Waals surface area contributed by atoms with Gasteiger partial charge in [-0.1, -0.05) is 31.2 Å². The summed E-state index contributed by atoms with van der Waals surface area (Å²) in [7, 11) is 0. The molecule has 0 aliphatic rings.